The molecular weight excluding hydrogens is 537 g/mol. The van der Waals surface area contributed by atoms with E-state index in [-0.39, 0.29) is 47.7 Å². The maximum Gasteiger partial charge on any atom is 0.243 e. The molecule has 2 amide bonds. The molecule has 0 radical (unpaired) electrons. The Morgan fingerprint density at radius 2 is 1.74 bits per heavy atom. The summed E-state index contributed by atoms with van der Waals surface area (Å²) in [4.78, 5) is 32.4. The van der Waals surface area contributed by atoms with E-state index in [1.165, 1.54) is 24.1 Å². The quantitative estimate of drug-likeness (QED) is 0.118. The van der Waals surface area contributed by atoms with Crippen molar-refractivity contribution >= 4 is 17.8 Å². The number of phenols is 1. The Morgan fingerprint density at radius 3 is 2.29 bits per heavy atom. The Kier molecular flexibility index (Phi) is 12.3. The average molecular weight is 582 g/mol. The number of nitrogens with zero attached hydrogens (tertiary/aromatic N) is 3. The van der Waals surface area contributed by atoms with Crippen LogP contribution in [-0.2, 0) is 27.8 Å². The van der Waals surface area contributed by atoms with Gasteiger partial charge in [0.2, 0.25) is 17.8 Å². The van der Waals surface area contributed by atoms with Crippen LogP contribution in [0.5, 0.6) is 5.75 Å². The number of aliphatic imine (C=N–C) groups is 1. The number of nitrogens with one attached hydrogen (secondary N) is 3. The Bertz CT molecular complexity index is 1280. The van der Waals surface area contributed by atoms with Gasteiger partial charge in [-0.3, -0.25) is 19.9 Å². The Hall–Kier alpha value is -4.17. The number of nitriles is 1. The minimum absolute atomic E-state index is 0.195. The number of halogens is 1. The van der Waals surface area contributed by atoms with Gasteiger partial charge in [-0.25, -0.2) is 4.39 Å². The summed E-state index contributed by atoms with van der Waals surface area (Å²) < 4.78 is 13.3. The van der Waals surface area contributed by atoms with Crippen LogP contribution in [0.1, 0.15) is 51.3 Å². The van der Waals surface area contributed by atoms with Crippen molar-refractivity contribution in [1.29, 1.82) is 5.26 Å². The van der Waals surface area contributed by atoms with Crippen LogP contribution in [0.3, 0.4) is 0 Å². The SMILES string of the molecule is CN=C(NC#N)NC[C@H](Cc1ccc(O)c(C(C)(C)C)c1)NC(=O)[C@H](C(C)C)N(C)C(=O)[C@@H](N)Cc1ccc(F)cc1. The molecule has 0 spiro atoms. The molecule has 228 valence electrons. The number of rotatable bonds is 11. The fourth-order valence-corrected chi connectivity index (χ4v) is 4.79. The zero-order valence-electron chi connectivity index (χ0n) is 25.5. The monoisotopic (exact) mass is 581 g/mol. The highest BCUT2D eigenvalue weighted by atomic mass is 19.1. The number of amides is 2. The smallest absolute Gasteiger partial charge is 0.243 e. The minimum Gasteiger partial charge on any atom is -0.508 e. The molecule has 0 aliphatic carbocycles. The predicted molar refractivity (Wildman–Crippen MR) is 162 cm³/mol. The third-order valence-corrected chi connectivity index (χ3v) is 6.96. The van der Waals surface area contributed by atoms with Crippen molar-refractivity contribution < 1.29 is 19.1 Å². The maximum atomic E-state index is 13.7. The summed E-state index contributed by atoms with van der Waals surface area (Å²) in [6.45, 7) is 9.94. The Labute approximate surface area is 248 Å². The van der Waals surface area contributed by atoms with Gasteiger partial charge in [-0.1, -0.05) is 58.9 Å². The second kappa shape index (κ2) is 15.2. The summed E-state index contributed by atoms with van der Waals surface area (Å²) in [5.74, 6) is -0.939. The van der Waals surface area contributed by atoms with Crippen LogP contribution in [0.15, 0.2) is 47.5 Å². The minimum atomic E-state index is -0.917. The van der Waals surface area contributed by atoms with Gasteiger partial charge in [-0.2, -0.15) is 5.26 Å². The molecule has 42 heavy (non-hydrogen) atoms. The molecule has 6 N–H and O–H groups in total. The molecule has 11 heteroatoms. The topological polar surface area (TPSA) is 156 Å². The molecular formula is C31H44FN7O3. The van der Waals surface area contributed by atoms with Crippen LogP contribution in [0.4, 0.5) is 4.39 Å². The summed E-state index contributed by atoms with van der Waals surface area (Å²) in [7, 11) is 3.08. The lowest BCUT2D eigenvalue weighted by Gasteiger charge is -2.33. The highest BCUT2D eigenvalue weighted by molar-refractivity contribution is 5.90. The van der Waals surface area contributed by atoms with E-state index in [1.807, 2.05) is 46.9 Å². The van der Waals surface area contributed by atoms with Gasteiger partial charge < -0.3 is 26.4 Å². The molecule has 10 nitrogen and oxygen atoms in total. The maximum absolute atomic E-state index is 13.7. The third-order valence-electron chi connectivity index (χ3n) is 6.96. The van der Waals surface area contributed by atoms with Crippen molar-refractivity contribution in [2.24, 2.45) is 16.6 Å². The lowest BCUT2D eigenvalue weighted by atomic mass is 9.84. The summed E-state index contributed by atoms with van der Waals surface area (Å²) in [6, 6.07) is 8.95. The van der Waals surface area contributed by atoms with Crippen LogP contribution >= 0.6 is 0 Å². The number of carbonyl (C=O) groups is 2. The molecule has 0 fully saturated rings. The first kappa shape index (κ1) is 34.0. The van der Waals surface area contributed by atoms with Crippen molar-refractivity contribution in [2.75, 3.05) is 20.6 Å². The number of carbonyl (C=O) groups excluding carboxylic acids is 2. The molecule has 0 aliphatic heterocycles. The first-order valence-corrected chi connectivity index (χ1v) is 13.9. The summed E-state index contributed by atoms with van der Waals surface area (Å²) in [5, 5.41) is 28.0. The molecule has 0 aliphatic rings. The van der Waals surface area contributed by atoms with Gasteiger partial charge in [0.1, 0.15) is 17.6 Å². The van der Waals surface area contributed by atoms with E-state index < -0.39 is 24.0 Å². The molecule has 2 aromatic carbocycles. The number of hydrogen-bond donors (Lipinski definition) is 5. The molecule has 0 unspecified atom stereocenters. The van der Waals surface area contributed by atoms with Gasteiger partial charge in [0.15, 0.2) is 6.19 Å². The van der Waals surface area contributed by atoms with Crippen LogP contribution in [0.2, 0.25) is 0 Å². The van der Waals surface area contributed by atoms with Crippen LogP contribution < -0.4 is 21.7 Å². The second-order valence-corrected chi connectivity index (χ2v) is 11.8. The Morgan fingerprint density at radius 1 is 1.12 bits per heavy atom. The average Bonchev–Trinajstić information content (AvgIpc) is 2.91. The number of phenolic OH excluding ortho intramolecular Hbond substituents is 1. The number of hydrogen-bond acceptors (Lipinski definition) is 6. The fraction of sp³-hybridized carbons (Fsp3) is 0.484. The van der Waals surface area contributed by atoms with E-state index in [0.717, 1.165) is 11.1 Å². The summed E-state index contributed by atoms with van der Waals surface area (Å²) >= 11 is 0. The third kappa shape index (κ3) is 9.73. The second-order valence-electron chi connectivity index (χ2n) is 11.8. The Balaban J connectivity index is 2.28. The van der Waals surface area contributed by atoms with Gasteiger partial charge >= 0.3 is 0 Å². The number of guanidine groups is 1. The molecule has 0 saturated carbocycles. The van der Waals surface area contributed by atoms with E-state index in [1.54, 1.807) is 31.3 Å². The number of likely N-dealkylation sites (N-methyl/N-ethyl adjacent to an activating group) is 1. The zero-order chi connectivity index (χ0) is 31.6. The number of benzene rings is 2. The highest BCUT2D eigenvalue weighted by Gasteiger charge is 2.33. The largest absolute Gasteiger partial charge is 0.508 e. The molecule has 0 saturated heterocycles. The van der Waals surface area contributed by atoms with Crippen molar-refractivity contribution in [1.82, 2.24) is 20.9 Å². The molecule has 3 atom stereocenters. The first-order chi connectivity index (χ1) is 19.7. The van der Waals surface area contributed by atoms with Crippen molar-refractivity contribution in [3.8, 4) is 11.9 Å². The van der Waals surface area contributed by atoms with Crippen molar-refractivity contribution in [3.63, 3.8) is 0 Å². The summed E-state index contributed by atoms with van der Waals surface area (Å²) in [6.07, 6.45) is 2.42. The van der Waals surface area contributed by atoms with Crippen LogP contribution in [-0.4, -0.2) is 66.5 Å². The lowest BCUT2D eigenvalue weighted by molar-refractivity contribution is -0.141. The number of nitrogens with two attached hydrogens (primary N) is 1. The van der Waals surface area contributed by atoms with Gasteiger partial charge in [0.25, 0.3) is 0 Å². The lowest BCUT2D eigenvalue weighted by Crippen LogP contribution is -2.57. The van der Waals surface area contributed by atoms with E-state index in [9.17, 15) is 19.1 Å². The van der Waals surface area contributed by atoms with Gasteiger partial charge in [0, 0.05) is 20.6 Å². The van der Waals surface area contributed by atoms with Crippen LogP contribution in [0.25, 0.3) is 0 Å². The fourth-order valence-electron chi connectivity index (χ4n) is 4.79. The molecule has 2 aromatic rings. The van der Waals surface area contributed by atoms with E-state index in [2.05, 4.69) is 20.9 Å². The van der Waals surface area contributed by atoms with Gasteiger partial charge in [0.05, 0.1) is 12.1 Å². The zero-order valence-corrected chi connectivity index (χ0v) is 25.5. The standard InChI is InChI=1S/C31H44FN7O3/c1-19(2)27(39(7)29(42)25(34)16-20-8-11-22(32)12-9-20)28(41)38-23(17-36-30(35-6)37-18-33)14-21-10-13-26(40)24(15-21)31(3,4)5/h8-13,15,19,23,25,27,40H,14,16-17,34H2,1-7H3,(H,38,41)(H2,35,36,37)/t23-,25-,27-/m0/s1. The van der Waals surface area contributed by atoms with E-state index in [0.29, 0.717) is 12.0 Å². The van der Waals surface area contributed by atoms with Crippen LogP contribution in [0, 0.1) is 23.2 Å². The molecule has 2 rings (SSSR count). The van der Waals surface area contributed by atoms with Gasteiger partial charge in [-0.15, -0.1) is 0 Å². The van der Waals surface area contributed by atoms with E-state index >= 15 is 0 Å². The normalized spacial score (nSPS) is 14.0. The molecule has 0 heterocycles. The van der Waals surface area contributed by atoms with E-state index in [4.69, 9.17) is 11.0 Å². The predicted octanol–water partition coefficient (Wildman–Crippen LogP) is 2.56. The van der Waals surface area contributed by atoms with Crippen molar-refractivity contribution in [2.45, 2.75) is 71.0 Å². The van der Waals surface area contributed by atoms with Gasteiger partial charge in [-0.05, 0) is 59.1 Å². The first-order valence-electron chi connectivity index (χ1n) is 13.9. The number of aromatic hydroxyl groups is 1. The highest BCUT2D eigenvalue weighted by Crippen LogP contribution is 2.31. The summed E-state index contributed by atoms with van der Waals surface area (Å²) in [5.41, 5.74) is 8.31. The molecule has 0 bridgehead atoms. The van der Waals surface area contributed by atoms with Crippen molar-refractivity contribution in [3.05, 3.63) is 65.0 Å². The molecule has 0 aromatic heterocycles.